The van der Waals surface area contributed by atoms with E-state index in [1.165, 1.54) is 19.1 Å². The third-order valence-electron chi connectivity index (χ3n) is 4.15. The summed E-state index contributed by atoms with van der Waals surface area (Å²) in [6, 6.07) is 3.99. The van der Waals surface area contributed by atoms with Crippen LogP contribution < -0.4 is 20.3 Å². The molecular weight excluding hydrogens is 338 g/mol. The van der Waals surface area contributed by atoms with E-state index >= 15 is 0 Å². The summed E-state index contributed by atoms with van der Waals surface area (Å²) in [7, 11) is 2.98. The van der Waals surface area contributed by atoms with Crippen LogP contribution in [0.3, 0.4) is 0 Å². The number of amides is 3. The summed E-state index contributed by atoms with van der Waals surface area (Å²) in [5.41, 5.74) is 5.45. The molecular formula is C18H25N3O5. The second-order valence-corrected chi connectivity index (χ2v) is 6.52. The van der Waals surface area contributed by atoms with Crippen molar-refractivity contribution in [3.05, 3.63) is 23.8 Å². The third-order valence-corrected chi connectivity index (χ3v) is 4.15. The fourth-order valence-electron chi connectivity index (χ4n) is 2.58. The number of methoxy groups -OCH3 is 2. The van der Waals surface area contributed by atoms with E-state index in [1.807, 2.05) is 13.8 Å². The number of benzene rings is 1. The van der Waals surface area contributed by atoms with E-state index in [9.17, 15) is 14.4 Å². The summed E-state index contributed by atoms with van der Waals surface area (Å²) in [6.45, 7) is 4.46. The van der Waals surface area contributed by atoms with Crippen LogP contribution in [0.25, 0.3) is 0 Å². The smallest absolute Gasteiger partial charge is 0.265 e. The Balaban J connectivity index is 1.97. The molecule has 8 nitrogen and oxygen atoms in total. The molecule has 1 aromatic rings. The van der Waals surface area contributed by atoms with Crippen molar-refractivity contribution in [3.63, 3.8) is 0 Å². The van der Waals surface area contributed by atoms with E-state index in [2.05, 4.69) is 10.9 Å². The largest absolute Gasteiger partial charge is 0.497 e. The van der Waals surface area contributed by atoms with Crippen molar-refractivity contribution in [2.24, 2.45) is 5.92 Å². The molecule has 0 saturated carbocycles. The van der Waals surface area contributed by atoms with Crippen LogP contribution in [0.2, 0.25) is 0 Å². The number of rotatable bonds is 8. The fraction of sp³-hybridized carbons (Fsp3) is 0.500. The second kappa shape index (κ2) is 8.66. The minimum absolute atomic E-state index is 0.0264. The number of imide groups is 1. The zero-order chi connectivity index (χ0) is 19.3. The van der Waals surface area contributed by atoms with Gasteiger partial charge in [0, 0.05) is 18.2 Å². The molecule has 0 aliphatic carbocycles. The van der Waals surface area contributed by atoms with E-state index in [0.29, 0.717) is 29.5 Å². The van der Waals surface area contributed by atoms with Crippen LogP contribution in [-0.2, 0) is 9.59 Å². The number of nitrogens with zero attached hydrogens (tertiary/aromatic N) is 1. The molecule has 2 rings (SSSR count). The monoisotopic (exact) mass is 363 g/mol. The van der Waals surface area contributed by atoms with Crippen molar-refractivity contribution in [2.75, 3.05) is 20.8 Å². The Morgan fingerprint density at radius 1 is 1.19 bits per heavy atom. The Bertz CT molecular complexity index is 667. The van der Waals surface area contributed by atoms with Gasteiger partial charge in [-0.15, -0.1) is 0 Å². The summed E-state index contributed by atoms with van der Waals surface area (Å²) in [5, 5.41) is 0. The molecule has 0 unspecified atom stereocenters. The lowest BCUT2D eigenvalue weighted by Crippen LogP contribution is -2.48. The zero-order valence-corrected chi connectivity index (χ0v) is 15.5. The molecule has 0 radical (unpaired) electrons. The number of hydrazine groups is 1. The fourth-order valence-corrected chi connectivity index (χ4v) is 2.58. The van der Waals surface area contributed by atoms with Crippen molar-refractivity contribution in [1.82, 2.24) is 15.8 Å². The maximum absolute atomic E-state index is 12.3. The van der Waals surface area contributed by atoms with Gasteiger partial charge in [0.2, 0.25) is 11.8 Å². The Morgan fingerprint density at radius 3 is 2.35 bits per heavy atom. The maximum Gasteiger partial charge on any atom is 0.265 e. The van der Waals surface area contributed by atoms with Gasteiger partial charge in [-0.2, -0.15) is 0 Å². The van der Waals surface area contributed by atoms with Crippen molar-refractivity contribution >= 4 is 17.7 Å². The highest BCUT2D eigenvalue weighted by molar-refractivity contribution is 6.05. The predicted octanol–water partition coefficient (Wildman–Crippen LogP) is 1.11. The van der Waals surface area contributed by atoms with E-state index in [0.717, 1.165) is 6.42 Å². The normalized spacial score (nSPS) is 17.0. The molecule has 1 atom stereocenters. The molecule has 142 valence electrons. The van der Waals surface area contributed by atoms with Crippen LogP contribution in [-0.4, -0.2) is 49.4 Å². The minimum Gasteiger partial charge on any atom is -0.497 e. The predicted molar refractivity (Wildman–Crippen MR) is 94.7 cm³/mol. The molecule has 1 heterocycles. The van der Waals surface area contributed by atoms with E-state index in [-0.39, 0.29) is 18.2 Å². The first-order valence-electron chi connectivity index (χ1n) is 8.48. The van der Waals surface area contributed by atoms with Crippen molar-refractivity contribution in [2.45, 2.75) is 32.7 Å². The number of hydrogen-bond donors (Lipinski definition) is 2. The van der Waals surface area contributed by atoms with Gasteiger partial charge in [0.05, 0.1) is 20.6 Å². The van der Waals surface area contributed by atoms with E-state index < -0.39 is 11.9 Å². The third kappa shape index (κ3) is 4.72. The van der Waals surface area contributed by atoms with Gasteiger partial charge >= 0.3 is 0 Å². The van der Waals surface area contributed by atoms with Crippen molar-refractivity contribution in [3.8, 4) is 11.5 Å². The van der Waals surface area contributed by atoms with Crippen LogP contribution in [0, 0.1) is 5.92 Å². The summed E-state index contributed by atoms with van der Waals surface area (Å²) >= 11 is 0. The molecule has 0 spiro atoms. The summed E-state index contributed by atoms with van der Waals surface area (Å²) in [5.74, 6) is 0.334. The van der Waals surface area contributed by atoms with Gasteiger partial charge in [-0.05, 0) is 24.5 Å². The Kier molecular flexibility index (Phi) is 6.57. The topological polar surface area (TPSA) is 97.0 Å². The van der Waals surface area contributed by atoms with Crippen molar-refractivity contribution in [1.29, 1.82) is 0 Å². The molecule has 1 fully saturated rings. The summed E-state index contributed by atoms with van der Waals surface area (Å²) in [6.07, 6.45) is 0.777. The number of carbonyl (C=O) groups excluding carboxylic acids is 3. The molecule has 26 heavy (non-hydrogen) atoms. The first-order valence-corrected chi connectivity index (χ1v) is 8.48. The Morgan fingerprint density at radius 2 is 1.81 bits per heavy atom. The van der Waals surface area contributed by atoms with E-state index in [1.54, 1.807) is 18.2 Å². The minimum atomic E-state index is -0.758. The first kappa shape index (κ1) is 19.7. The molecule has 8 heteroatoms. The SMILES string of the molecule is COc1cc(OC)cc(C(=O)NN[C@H]2CC(=O)N(CCC(C)C)C2=O)c1. The molecule has 0 bridgehead atoms. The second-order valence-electron chi connectivity index (χ2n) is 6.52. The highest BCUT2D eigenvalue weighted by Gasteiger charge is 2.38. The zero-order valence-electron chi connectivity index (χ0n) is 15.5. The summed E-state index contributed by atoms with van der Waals surface area (Å²) in [4.78, 5) is 37.9. The quantitative estimate of drug-likeness (QED) is 0.531. The molecule has 1 saturated heterocycles. The Hall–Kier alpha value is -2.61. The van der Waals surface area contributed by atoms with Gasteiger partial charge in [-0.25, -0.2) is 5.43 Å². The number of nitrogens with one attached hydrogen (secondary N) is 2. The van der Waals surface area contributed by atoms with Crippen LogP contribution in [0.5, 0.6) is 11.5 Å². The van der Waals surface area contributed by atoms with Gasteiger partial charge < -0.3 is 9.47 Å². The molecule has 3 amide bonds. The highest BCUT2D eigenvalue weighted by atomic mass is 16.5. The van der Waals surface area contributed by atoms with Gasteiger partial charge in [-0.3, -0.25) is 24.7 Å². The van der Waals surface area contributed by atoms with Gasteiger partial charge in [-0.1, -0.05) is 13.8 Å². The van der Waals surface area contributed by atoms with E-state index in [4.69, 9.17) is 9.47 Å². The average molecular weight is 363 g/mol. The van der Waals surface area contributed by atoms with Crippen LogP contribution in [0.1, 0.15) is 37.0 Å². The molecule has 1 aliphatic heterocycles. The first-order chi connectivity index (χ1) is 12.3. The number of likely N-dealkylation sites (tertiary alicyclic amines) is 1. The standard InChI is InChI=1S/C18H25N3O5/c1-11(2)5-6-21-16(22)10-15(18(21)24)19-20-17(23)12-7-13(25-3)9-14(8-12)26-4/h7-9,11,15,19H,5-6,10H2,1-4H3,(H,20,23)/t15-/m0/s1. The maximum atomic E-state index is 12.3. The van der Waals surface area contributed by atoms with Gasteiger partial charge in [0.15, 0.2) is 0 Å². The van der Waals surface area contributed by atoms with Crippen LogP contribution in [0.15, 0.2) is 18.2 Å². The molecule has 1 aliphatic rings. The van der Waals surface area contributed by atoms with Crippen LogP contribution in [0.4, 0.5) is 0 Å². The average Bonchev–Trinajstić information content (AvgIpc) is 2.90. The lowest BCUT2D eigenvalue weighted by molar-refractivity contribution is -0.139. The number of ether oxygens (including phenoxy) is 2. The highest BCUT2D eigenvalue weighted by Crippen LogP contribution is 2.22. The Labute approximate surface area is 152 Å². The molecule has 1 aromatic carbocycles. The van der Waals surface area contributed by atoms with Gasteiger partial charge in [0.1, 0.15) is 17.5 Å². The molecule has 2 N–H and O–H groups in total. The lowest BCUT2D eigenvalue weighted by Gasteiger charge is -2.17. The summed E-state index contributed by atoms with van der Waals surface area (Å²) < 4.78 is 10.3. The number of carbonyl (C=O) groups is 3. The molecule has 0 aromatic heterocycles. The number of hydrogen-bond acceptors (Lipinski definition) is 6. The lowest BCUT2D eigenvalue weighted by atomic mass is 10.1. The van der Waals surface area contributed by atoms with Crippen molar-refractivity contribution < 1.29 is 23.9 Å². The van der Waals surface area contributed by atoms with Crippen LogP contribution >= 0.6 is 0 Å². The van der Waals surface area contributed by atoms with Gasteiger partial charge in [0.25, 0.3) is 5.91 Å².